The Morgan fingerprint density at radius 1 is 1.19 bits per heavy atom. The molecule has 1 aromatic carbocycles. The van der Waals surface area contributed by atoms with Crippen molar-refractivity contribution in [1.29, 1.82) is 0 Å². The molecule has 8 nitrogen and oxygen atoms in total. The molecule has 0 saturated carbocycles. The summed E-state index contributed by atoms with van der Waals surface area (Å²) in [6.45, 7) is 5.77. The number of carbonyl (C=O) groups excluding carboxylic acids is 2. The molecule has 9 heteroatoms. The molecule has 1 aliphatic rings. The van der Waals surface area contributed by atoms with Crippen molar-refractivity contribution in [3.8, 4) is 0 Å². The van der Waals surface area contributed by atoms with Crippen LogP contribution >= 0.6 is 0 Å². The Morgan fingerprint density at radius 2 is 1.88 bits per heavy atom. The lowest BCUT2D eigenvalue weighted by molar-refractivity contribution is 0.0948. The zero-order valence-electron chi connectivity index (χ0n) is 15.1. The topological polar surface area (TPSA) is 108 Å². The van der Waals surface area contributed by atoms with Gasteiger partial charge in [0.2, 0.25) is 0 Å². The van der Waals surface area contributed by atoms with Crippen LogP contribution < -0.4 is 16.0 Å². The first-order valence-corrected chi connectivity index (χ1v) is 10.5. The maximum absolute atomic E-state index is 12.3. The number of nitrogens with zero attached hydrogens (tertiary/aromatic N) is 1. The van der Waals surface area contributed by atoms with Crippen molar-refractivity contribution in [1.82, 2.24) is 15.5 Å². The molecule has 0 spiro atoms. The number of carbonyl (C=O) groups is 2. The van der Waals surface area contributed by atoms with Gasteiger partial charge in [-0.3, -0.25) is 9.69 Å². The van der Waals surface area contributed by atoms with E-state index in [1.807, 2.05) is 18.7 Å². The Balaban J connectivity index is 1.80. The summed E-state index contributed by atoms with van der Waals surface area (Å²) in [5, 5.41) is 8.23. The third-order valence-electron chi connectivity index (χ3n) is 3.95. The van der Waals surface area contributed by atoms with Crippen molar-refractivity contribution in [3.63, 3.8) is 0 Å². The smallest absolute Gasteiger partial charge is 0.319 e. The number of hydrogen-bond donors (Lipinski definition) is 3. The highest BCUT2D eigenvalue weighted by atomic mass is 32.2. The first-order valence-electron chi connectivity index (χ1n) is 8.64. The zero-order valence-corrected chi connectivity index (χ0v) is 15.9. The Labute approximate surface area is 154 Å². The lowest BCUT2D eigenvalue weighted by atomic mass is 10.2. The largest absolute Gasteiger partial charge is 0.351 e. The van der Waals surface area contributed by atoms with Crippen LogP contribution in [0.4, 0.5) is 10.5 Å². The van der Waals surface area contributed by atoms with Crippen LogP contribution in [-0.2, 0) is 9.84 Å². The molecule has 3 amide bonds. The normalized spacial score (nSPS) is 16.9. The summed E-state index contributed by atoms with van der Waals surface area (Å²) < 4.78 is 22.8. The lowest BCUT2D eigenvalue weighted by Gasteiger charge is -2.26. The van der Waals surface area contributed by atoms with Gasteiger partial charge in [0.05, 0.1) is 11.5 Å². The van der Waals surface area contributed by atoms with Crippen molar-refractivity contribution < 1.29 is 18.0 Å². The molecule has 26 heavy (non-hydrogen) atoms. The van der Waals surface area contributed by atoms with Crippen LogP contribution in [0.15, 0.2) is 24.3 Å². The minimum absolute atomic E-state index is 0.0197. The summed E-state index contributed by atoms with van der Waals surface area (Å²) in [4.78, 5) is 26.0. The Kier molecular flexibility index (Phi) is 6.98. The van der Waals surface area contributed by atoms with Crippen LogP contribution in [0.1, 0.15) is 24.2 Å². The molecule has 3 N–H and O–H groups in total. The Bertz CT molecular complexity index is 735. The molecule has 1 saturated heterocycles. The number of hydrogen-bond acceptors (Lipinski definition) is 5. The first kappa shape index (κ1) is 20.2. The number of benzene rings is 1. The number of sulfone groups is 1. The Hall–Kier alpha value is -2.13. The van der Waals surface area contributed by atoms with Gasteiger partial charge in [-0.05, 0) is 32.0 Å². The van der Waals surface area contributed by atoms with Crippen LogP contribution in [0.5, 0.6) is 0 Å². The summed E-state index contributed by atoms with van der Waals surface area (Å²) >= 11 is 0. The van der Waals surface area contributed by atoms with Crippen molar-refractivity contribution in [3.05, 3.63) is 29.8 Å². The summed E-state index contributed by atoms with van der Waals surface area (Å²) in [6, 6.07) is 6.40. The van der Waals surface area contributed by atoms with E-state index in [1.165, 1.54) is 0 Å². The number of urea groups is 1. The van der Waals surface area contributed by atoms with Gasteiger partial charge in [0, 0.05) is 43.5 Å². The second-order valence-electron chi connectivity index (χ2n) is 6.58. The quantitative estimate of drug-likeness (QED) is 0.670. The molecule has 0 atom stereocenters. The van der Waals surface area contributed by atoms with E-state index in [0.29, 0.717) is 37.4 Å². The van der Waals surface area contributed by atoms with Gasteiger partial charge >= 0.3 is 6.03 Å². The van der Waals surface area contributed by atoms with Crippen molar-refractivity contribution in [2.45, 2.75) is 19.9 Å². The highest BCUT2D eigenvalue weighted by Crippen LogP contribution is 2.10. The minimum atomic E-state index is -2.89. The van der Waals surface area contributed by atoms with E-state index >= 15 is 0 Å². The molecule has 1 aromatic rings. The molecule has 2 rings (SSSR count). The summed E-state index contributed by atoms with van der Waals surface area (Å²) in [7, 11) is -2.89. The lowest BCUT2D eigenvalue weighted by Crippen LogP contribution is -2.43. The van der Waals surface area contributed by atoms with Gasteiger partial charge in [0.25, 0.3) is 5.91 Å². The number of anilines is 1. The highest BCUT2D eigenvalue weighted by molar-refractivity contribution is 7.91. The minimum Gasteiger partial charge on any atom is -0.351 e. The number of rotatable bonds is 6. The second-order valence-corrected chi connectivity index (χ2v) is 8.89. The molecule has 0 radical (unpaired) electrons. The highest BCUT2D eigenvalue weighted by Gasteiger charge is 2.21. The van der Waals surface area contributed by atoms with Gasteiger partial charge in [0.1, 0.15) is 0 Å². The molecule has 0 bridgehead atoms. The maximum Gasteiger partial charge on any atom is 0.319 e. The van der Waals surface area contributed by atoms with Gasteiger partial charge in [-0.2, -0.15) is 0 Å². The molecular formula is C17H26N4O4S. The predicted molar refractivity (Wildman–Crippen MR) is 101 cm³/mol. The van der Waals surface area contributed by atoms with E-state index in [9.17, 15) is 18.0 Å². The van der Waals surface area contributed by atoms with Crippen molar-refractivity contribution in [2.24, 2.45) is 0 Å². The van der Waals surface area contributed by atoms with E-state index in [1.54, 1.807) is 24.3 Å². The molecule has 1 fully saturated rings. The van der Waals surface area contributed by atoms with Gasteiger partial charge in [-0.25, -0.2) is 13.2 Å². The fourth-order valence-corrected chi connectivity index (χ4v) is 3.85. The van der Waals surface area contributed by atoms with Crippen LogP contribution in [0.2, 0.25) is 0 Å². The average molecular weight is 382 g/mol. The monoisotopic (exact) mass is 382 g/mol. The van der Waals surface area contributed by atoms with Crippen molar-refractivity contribution >= 4 is 27.5 Å². The van der Waals surface area contributed by atoms with E-state index in [2.05, 4.69) is 16.0 Å². The number of nitrogens with one attached hydrogen (secondary N) is 3. The average Bonchev–Trinajstić information content (AvgIpc) is 2.55. The van der Waals surface area contributed by atoms with E-state index < -0.39 is 9.84 Å². The van der Waals surface area contributed by atoms with Gasteiger partial charge in [0.15, 0.2) is 9.84 Å². The van der Waals surface area contributed by atoms with Crippen LogP contribution in [0.25, 0.3) is 0 Å². The van der Waals surface area contributed by atoms with E-state index in [-0.39, 0.29) is 29.5 Å². The van der Waals surface area contributed by atoms with Gasteiger partial charge in [-0.15, -0.1) is 0 Å². The fourth-order valence-electron chi connectivity index (χ4n) is 2.57. The van der Waals surface area contributed by atoms with E-state index in [4.69, 9.17) is 0 Å². The molecule has 1 heterocycles. The SMILES string of the molecule is CC(C)NC(=O)Nc1cccc(C(=O)NCCN2CCS(=O)(=O)CC2)c1. The zero-order chi connectivity index (χ0) is 19.2. The summed E-state index contributed by atoms with van der Waals surface area (Å²) in [5.41, 5.74) is 0.991. The first-order chi connectivity index (χ1) is 12.2. The predicted octanol–water partition coefficient (Wildman–Crippen LogP) is 0.677. The molecule has 144 valence electrons. The second kappa shape index (κ2) is 9.00. The molecule has 0 unspecified atom stereocenters. The van der Waals surface area contributed by atoms with Crippen LogP contribution in [-0.4, -0.2) is 69.0 Å². The molecular weight excluding hydrogens is 356 g/mol. The van der Waals surface area contributed by atoms with Crippen LogP contribution in [0.3, 0.4) is 0 Å². The molecule has 1 aliphatic heterocycles. The standard InChI is InChI=1S/C17H26N4O4S/c1-13(2)19-17(23)20-15-5-3-4-14(12-15)16(22)18-6-7-21-8-10-26(24,25)11-9-21/h3-5,12-13H,6-11H2,1-2H3,(H,18,22)(H2,19,20,23). The third kappa shape index (κ3) is 6.64. The van der Waals surface area contributed by atoms with Crippen LogP contribution in [0, 0.1) is 0 Å². The third-order valence-corrected chi connectivity index (χ3v) is 5.56. The molecule has 0 aliphatic carbocycles. The van der Waals surface area contributed by atoms with Gasteiger partial charge < -0.3 is 16.0 Å². The van der Waals surface area contributed by atoms with Crippen molar-refractivity contribution in [2.75, 3.05) is 43.0 Å². The van der Waals surface area contributed by atoms with E-state index in [0.717, 1.165) is 0 Å². The fraction of sp³-hybridized carbons (Fsp3) is 0.529. The Morgan fingerprint density at radius 3 is 2.54 bits per heavy atom. The summed E-state index contributed by atoms with van der Waals surface area (Å²) in [6.07, 6.45) is 0. The number of amides is 3. The van der Waals surface area contributed by atoms with Gasteiger partial charge in [-0.1, -0.05) is 6.07 Å². The maximum atomic E-state index is 12.3. The summed E-state index contributed by atoms with van der Waals surface area (Å²) in [5.74, 6) is 0.114. The molecule has 0 aromatic heterocycles.